The second kappa shape index (κ2) is 7.30. The first kappa shape index (κ1) is 14.9. The fraction of sp³-hybridized carbons (Fsp3) is 0.533. The van der Waals surface area contributed by atoms with E-state index in [9.17, 15) is 4.79 Å². The van der Waals surface area contributed by atoms with Crippen LogP contribution in [0.1, 0.15) is 44.9 Å². The van der Waals surface area contributed by atoms with Crippen LogP contribution in [-0.4, -0.2) is 5.91 Å². The predicted octanol–water partition coefficient (Wildman–Crippen LogP) is 5.40. The highest BCUT2D eigenvalue weighted by atomic mass is 79.9. The van der Waals surface area contributed by atoms with E-state index in [4.69, 9.17) is 11.6 Å². The maximum Gasteiger partial charge on any atom is 0.224 e. The van der Waals surface area contributed by atoms with Gasteiger partial charge in [0.05, 0.1) is 15.2 Å². The molecule has 19 heavy (non-hydrogen) atoms. The molecule has 1 amide bonds. The lowest BCUT2D eigenvalue weighted by atomic mass is 9.96. The Kier molecular flexibility index (Phi) is 5.71. The van der Waals surface area contributed by atoms with Gasteiger partial charge in [-0.05, 0) is 46.8 Å². The number of rotatable bonds is 3. The highest BCUT2D eigenvalue weighted by Crippen LogP contribution is 2.31. The molecule has 0 heterocycles. The Hall–Kier alpha value is -0.540. The monoisotopic (exact) mass is 343 g/mol. The summed E-state index contributed by atoms with van der Waals surface area (Å²) in [5, 5.41) is 3.57. The molecule has 0 atom stereocenters. The van der Waals surface area contributed by atoms with Crippen molar-refractivity contribution in [2.45, 2.75) is 44.9 Å². The van der Waals surface area contributed by atoms with Crippen molar-refractivity contribution >= 4 is 39.1 Å². The number of hydrogen-bond donors (Lipinski definition) is 1. The molecule has 0 aromatic heterocycles. The van der Waals surface area contributed by atoms with E-state index in [2.05, 4.69) is 21.2 Å². The minimum Gasteiger partial charge on any atom is -0.325 e. The normalized spacial score (nSPS) is 16.9. The number of benzene rings is 1. The Balaban J connectivity index is 1.91. The summed E-state index contributed by atoms with van der Waals surface area (Å²) < 4.78 is 0.755. The quantitative estimate of drug-likeness (QED) is 0.731. The van der Waals surface area contributed by atoms with Crippen molar-refractivity contribution in [2.75, 3.05) is 5.32 Å². The van der Waals surface area contributed by atoms with Gasteiger partial charge in [-0.15, -0.1) is 0 Å². The number of halogens is 2. The number of carbonyl (C=O) groups excluding carboxylic acids is 1. The molecule has 1 saturated carbocycles. The van der Waals surface area contributed by atoms with Gasteiger partial charge < -0.3 is 5.32 Å². The molecule has 1 N–H and O–H groups in total. The highest BCUT2D eigenvalue weighted by Gasteiger charge is 2.17. The van der Waals surface area contributed by atoms with E-state index < -0.39 is 0 Å². The molecule has 0 spiro atoms. The van der Waals surface area contributed by atoms with E-state index in [-0.39, 0.29) is 5.91 Å². The van der Waals surface area contributed by atoms with Gasteiger partial charge in [0.1, 0.15) is 0 Å². The summed E-state index contributed by atoms with van der Waals surface area (Å²) in [4.78, 5) is 12.1. The standard InChI is InChI=1S/C15H19BrClNO/c16-15-12(17)8-5-9-13(15)18-14(19)10-11-6-3-1-2-4-7-11/h5,8-9,11H,1-4,6-7,10H2,(H,18,19). The van der Waals surface area contributed by atoms with Crippen molar-refractivity contribution in [3.63, 3.8) is 0 Å². The lowest BCUT2D eigenvalue weighted by Crippen LogP contribution is -2.16. The number of hydrogen-bond acceptors (Lipinski definition) is 1. The summed E-state index contributed by atoms with van der Waals surface area (Å²) in [5.74, 6) is 0.635. The Bertz CT molecular complexity index is 442. The molecule has 0 radical (unpaired) electrons. The third-order valence-corrected chi connectivity index (χ3v) is 5.07. The average Bonchev–Trinajstić information content (AvgIpc) is 2.63. The third kappa shape index (κ3) is 4.50. The lowest BCUT2D eigenvalue weighted by molar-refractivity contribution is -0.117. The van der Waals surface area contributed by atoms with Gasteiger partial charge in [-0.2, -0.15) is 0 Å². The Morgan fingerprint density at radius 3 is 2.63 bits per heavy atom. The fourth-order valence-corrected chi connectivity index (χ4v) is 3.17. The molecular formula is C15H19BrClNO. The van der Waals surface area contributed by atoms with Gasteiger partial charge in [-0.1, -0.05) is 43.4 Å². The lowest BCUT2D eigenvalue weighted by Gasteiger charge is -2.14. The predicted molar refractivity (Wildman–Crippen MR) is 83.6 cm³/mol. The molecule has 0 bridgehead atoms. The summed E-state index contributed by atoms with van der Waals surface area (Å²) >= 11 is 9.41. The van der Waals surface area contributed by atoms with E-state index in [0.717, 1.165) is 10.2 Å². The molecule has 2 rings (SSSR count). The van der Waals surface area contributed by atoms with Crippen LogP contribution in [-0.2, 0) is 4.79 Å². The van der Waals surface area contributed by atoms with Crippen LogP contribution >= 0.6 is 27.5 Å². The van der Waals surface area contributed by atoms with Crippen LogP contribution in [0.25, 0.3) is 0 Å². The molecule has 1 aromatic rings. The van der Waals surface area contributed by atoms with E-state index in [1.54, 1.807) is 6.07 Å². The van der Waals surface area contributed by atoms with Gasteiger partial charge in [0.15, 0.2) is 0 Å². The van der Waals surface area contributed by atoms with Gasteiger partial charge >= 0.3 is 0 Å². The molecule has 1 fully saturated rings. The molecular weight excluding hydrogens is 326 g/mol. The highest BCUT2D eigenvalue weighted by molar-refractivity contribution is 9.10. The molecule has 0 aliphatic heterocycles. The second-order valence-electron chi connectivity index (χ2n) is 5.21. The van der Waals surface area contributed by atoms with Crippen LogP contribution in [0.3, 0.4) is 0 Å². The van der Waals surface area contributed by atoms with Crippen LogP contribution in [0.4, 0.5) is 5.69 Å². The molecule has 4 heteroatoms. The van der Waals surface area contributed by atoms with Crippen molar-refractivity contribution in [3.8, 4) is 0 Å². The van der Waals surface area contributed by atoms with E-state index in [1.165, 1.54) is 38.5 Å². The van der Waals surface area contributed by atoms with Crippen molar-refractivity contribution in [2.24, 2.45) is 5.92 Å². The van der Waals surface area contributed by atoms with E-state index >= 15 is 0 Å². The van der Waals surface area contributed by atoms with Crippen molar-refractivity contribution < 1.29 is 4.79 Å². The molecule has 2 nitrogen and oxygen atoms in total. The molecule has 0 saturated heterocycles. The first-order valence-corrected chi connectivity index (χ1v) is 8.08. The average molecular weight is 345 g/mol. The van der Waals surface area contributed by atoms with Crippen LogP contribution in [0.15, 0.2) is 22.7 Å². The smallest absolute Gasteiger partial charge is 0.224 e. The molecule has 1 aliphatic rings. The summed E-state index contributed by atoms with van der Waals surface area (Å²) in [6.07, 6.45) is 8.15. The first-order chi connectivity index (χ1) is 9.16. The summed E-state index contributed by atoms with van der Waals surface area (Å²) in [6.45, 7) is 0. The molecule has 104 valence electrons. The van der Waals surface area contributed by atoms with Crippen LogP contribution < -0.4 is 5.32 Å². The van der Waals surface area contributed by atoms with Gasteiger partial charge in [-0.3, -0.25) is 4.79 Å². The van der Waals surface area contributed by atoms with Crippen molar-refractivity contribution in [1.82, 2.24) is 0 Å². The SMILES string of the molecule is O=C(CC1CCCCCC1)Nc1cccc(Cl)c1Br. The van der Waals surface area contributed by atoms with Crippen LogP contribution in [0.2, 0.25) is 5.02 Å². The number of amides is 1. The van der Waals surface area contributed by atoms with Crippen LogP contribution in [0, 0.1) is 5.92 Å². The Labute approximate surface area is 128 Å². The van der Waals surface area contributed by atoms with Gasteiger partial charge in [-0.25, -0.2) is 0 Å². The first-order valence-electron chi connectivity index (χ1n) is 6.90. The number of anilines is 1. The Morgan fingerprint density at radius 1 is 1.26 bits per heavy atom. The molecule has 1 aromatic carbocycles. The fourth-order valence-electron chi connectivity index (χ4n) is 2.63. The van der Waals surface area contributed by atoms with Crippen molar-refractivity contribution in [1.29, 1.82) is 0 Å². The number of nitrogens with one attached hydrogen (secondary N) is 1. The zero-order valence-electron chi connectivity index (χ0n) is 10.9. The van der Waals surface area contributed by atoms with Gasteiger partial charge in [0.2, 0.25) is 5.91 Å². The zero-order chi connectivity index (χ0) is 13.7. The maximum absolute atomic E-state index is 12.1. The van der Waals surface area contributed by atoms with Gasteiger partial charge in [0.25, 0.3) is 0 Å². The van der Waals surface area contributed by atoms with Gasteiger partial charge in [0, 0.05) is 6.42 Å². The minimum atomic E-state index is 0.0925. The molecule has 1 aliphatic carbocycles. The topological polar surface area (TPSA) is 29.1 Å². The Morgan fingerprint density at radius 2 is 1.95 bits per heavy atom. The summed E-state index contributed by atoms with van der Waals surface area (Å²) in [6, 6.07) is 5.50. The molecule has 0 unspecified atom stereocenters. The summed E-state index contributed by atoms with van der Waals surface area (Å²) in [7, 11) is 0. The zero-order valence-corrected chi connectivity index (χ0v) is 13.3. The third-order valence-electron chi connectivity index (χ3n) is 3.67. The van der Waals surface area contributed by atoms with E-state index in [1.807, 2.05) is 12.1 Å². The maximum atomic E-state index is 12.1. The second-order valence-corrected chi connectivity index (χ2v) is 6.41. The van der Waals surface area contributed by atoms with E-state index in [0.29, 0.717) is 17.4 Å². The largest absolute Gasteiger partial charge is 0.325 e. The minimum absolute atomic E-state index is 0.0925. The summed E-state index contributed by atoms with van der Waals surface area (Å²) in [5.41, 5.74) is 0.756. The number of carbonyl (C=O) groups is 1. The van der Waals surface area contributed by atoms with Crippen LogP contribution in [0.5, 0.6) is 0 Å². The van der Waals surface area contributed by atoms with Crippen molar-refractivity contribution in [3.05, 3.63) is 27.7 Å².